The number of benzene rings is 1. The van der Waals surface area contributed by atoms with Gasteiger partial charge in [0.25, 0.3) is 5.56 Å². The molecule has 0 aliphatic carbocycles. The number of aryl methyl sites for hydroxylation is 1. The summed E-state index contributed by atoms with van der Waals surface area (Å²) in [6.45, 7) is 4.58. The van der Waals surface area contributed by atoms with Crippen molar-refractivity contribution in [2.45, 2.75) is 56.7 Å². The minimum absolute atomic E-state index is 0.0470. The van der Waals surface area contributed by atoms with Gasteiger partial charge in [-0.25, -0.2) is 9.37 Å². The Morgan fingerprint density at radius 1 is 1.09 bits per heavy atom. The summed E-state index contributed by atoms with van der Waals surface area (Å²) in [5.41, 5.74) is 0.760. The predicted octanol–water partition coefficient (Wildman–Crippen LogP) is 3.25. The molecule has 5 rings (SSSR count). The Kier molecular flexibility index (Phi) is 5.20. The van der Waals surface area contributed by atoms with E-state index in [0.29, 0.717) is 11.7 Å². The zero-order valence-corrected chi connectivity index (χ0v) is 19.8. The van der Waals surface area contributed by atoms with E-state index < -0.39 is 5.82 Å². The topological polar surface area (TPSA) is 96.2 Å². The zero-order chi connectivity index (χ0) is 24.3. The van der Waals surface area contributed by atoms with Crippen LogP contribution in [0.25, 0.3) is 22.5 Å². The standard InChI is InChI=1S/C25H29FN6O2/c1-24-7-8-25(2,30-24)13-15(12-24)32(4)22-6-5-19(28-29-22)17-9-18(26)16(10-21(17)33)20-11-23(34)31(3)14-27-20/h5-6,9-11,14-15,30,33H,7-8,12-13H2,1-4H3/t15-,24+,25-. The molecule has 0 spiro atoms. The number of rotatable bonds is 4. The summed E-state index contributed by atoms with van der Waals surface area (Å²) in [4.78, 5) is 18.1. The molecule has 3 aromatic rings. The Balaban J connectivity index is 1.40. The predicted molar refractivity (Wildman–Crippen MR) is 128 cm³/mol. The molecule has 2 aliphatic heterocycles. The van der Waals surface area contributed by atoms with Crippen LogP contribution >= 0.6 is 0 Å². The molecule has 3 atom stereocenters. The minimum Gasteiger partial charge on any atom is -0.507 e. The van der Waals surface area contributed by atoms with Crippen LogP contribution in [-0.2, 0) is 7.05 Å². The van der Waals surface area contributed by atoms with Crippen molar-refractivity contribution < 1.29 is 9.50 Å². The molecule has 8 nitrogen and oxygen atoms in total. The Morgan fingerprint density at radius 2 is 1.79 bits per heavy atom. The quantitative estimate of drug-likeness (QED) is 0.612. The maximum Gasteiger partial charge on any atom is 0.253 e. The van der Waals surface area contributed by atoms with Gasteiger partial charge >= 0.3 is 0 Å². The number of anilines is 1. The summed E-state index contributed by atoms with van der Waals surface area (Å²) < 4.78 is 16.2. The van der Waals surface area contributed by atoms with Crippen molar-refractivity contribution in [3.05, 3.63) is 52.8 Å². The highest BCUT2D eigenvalue weighted by molar-refractivity contribution is 5.73. The molecule has 4 heterocycles. The maximum absolute atomic E-state index is 14.9. The summed E-state index contributed by atoms with van der Waals surface area (Å²) in [5.74, 6) is -0.0311. The largest absolute Gasteiger partial charge is 0.507 e. The molecular formula is C25H29FN6O2. The van der Waals surface area contributed by atoms with Crippen LogP contribution in [0.2, 0.25) is 0 Å². The van der Waals surface area contributed by atoms with E-state index in [4.69, 9.17) is 0 Å². The number of nitrogens with one attached hydrogen (secondary N) is 1. The molecule has 1 aromatic carbocycles. The SMILES string of the molecule is CN(c1ccc(-c2cc(F)c(-c3cc(=O)n(C)cn3)cc2O)nn1)[C@@H]1C[C@]2(C)CC[C@](C)(C1)N2. The lowest BCUT2D eigenvalue weighted by atomic mass is 9.84. The van der Waals surface area contributed by atoms with Gasteiger partial charge in [0.1, 0.15) is 11.6 Å². The number of phenols is 1. The van der Waals surface area contributed by atoms with Crippen molar-refractivity contribution in [3.63, 3.8) is 0 Å². The van der Waals surface area contributed by atoms with E-state index in [9.17, 15) is 14.3 Å². The second-order valence-corrected chi connectivity index (χ2v) is 10.3. The number of aromatic nitrogens is 4. The third-order valence-corrected chi connectivity index (χ3v) is 7.38. The van der Waals surface area contributed by atoms with Gasteiger partial charge in [0, 0.05) is 48.4 Å². The van der Waals surface area contributed by atoms with Crippen LogP contribution in [0.4, 0.5) is 10.2 Å². The lowest BCUT2D eigenvalue weighted by molar-refractivity contribution is 0.207. The Hall–Kier alpha value is -3.33. The molecule has 0 amide bonds. The summed E-state index contributed by atoms with van der Waals surface area (Å²) in [5, 5.41) is 23.1. The number of hydrogen-bond acceptors (Lipinski definition) is 7. The van der Waals surface area contributed by atoms with Crippen LogP contribution in [0.3, 0.4) is 0 Å². The van der Waals surface area contributed by atoms with Crippen LogP contribution in [0.1, 0.15) is 39.5 Å². The molecule has 34 heavy (non-hydrogen) atoms. The van der Waals surface area contributed by atoms with Crippen LogP contribution in [0.15, 0.2) is 41.5 Å². The van der Waals surface area contributed by atoms with Gasteiger partial charge in [0.2, 0.25) is 0 Å². The Labute approximate surface area is 197 Å². The van der Waals surface area contributed by atoms with Gasteiger partial charge in [-0.3, -0.25) is 4.79 Å². The fraction of sp³-hybridized carbons (Fsp3) is 0.440. The van der Waals surface area contributed by atoms with Crippen LogP contribution in [0, 0.1) is 5.82 Å². The first kappa shape index (κ1) is 22.5. The summed E-state index contributed by atoms with van der Waals surface area (Å²) in [6.07, 6.45) is 5.73. The fourth-order valence-corrected chi connectivity index (χ4v) is 5.51. The number of hydrogen-bond donors (Lipinski definition) is 2. The first-order chi connectivity index (χ1) is 16.1. The Morgan fingerprint density at radius 3 is 2.41 bits per heavy atom. The molecule has 0 unspecified atom stereocenters. The lowest BCUT2D eigenvalue weighted by Crippen LogP contribution is -2.58. The molecule has 0 radical (unpaired) electrons. The average Bonchev–Trinajstić information content (AvgIpc) is 3.03. The normalized spacial score (nSPS) is 26.0. The van der Waals surface area contributed by atoms with E-state index in [1.807, 2.05) is 13.1 Å². The van der Waals surface area contributed by atoms with Gasteiger partial charge in [0.15, 0.2) is 5.82 Å². The molecule has 0 saturated carbocycles. The van der Waals surface area contributed by atoms with E-state index >= 15 is 0 Å². The molecule has 2 N–H and O–H groups in total. The van der Waals surface area contributed by atoms with Gasteiger partial charge in [-0.15, -0.1) is 10.2 Å². The molecule has 178 valence electrons. The van der Waals surface area contributed by atoms with Crippen molar-refractivity contribution >= 4 is 5.82 Å². The number of fused-ring (bicyclic) bond motifs is 2. The van der Waals surface area contributed by atoms with Crippen molar-refractivity contribution in [2.24, 2.45) is 7.05 Å². The van der Waals surface area contributed by atoms with E-state index in [1.54, 1.807) is 13.1 Å². The van der Waals surface area contributed by atoms with Gasteiger partial charge in [-0.2, -0.15) is 0 Å². The summed E-state index contributed by atoms with van der Waals surface area (Å²) in [6, 6.07) is 7.63. The van der Waals surface area contributed by atoms with Gasteiger partial charge in [-0.1, -0.05) is 0 Å². The van der Waals surface area contributed by atoms with Crippen LogP contribution in [0.5, 0.6) is 5.75 Å². The third-order valence-electron chi connectivity index (χ3n) is 7.38. The molecule has 2 fully saturated rings. The molecule has 2 aliphatic rings. The number of aromatic hydroxyl groups is 1. The van der Waals surface area contributed by atoms with E-state index in [2.05, 4.69) is 39.2 Å². The van der Waals surface area contributed by atoms with Crippen molar-refractivity contribution in [1.29, 1.82) is 0 Å². The number of halogens is 1. The minimum atomic E-state index is -0.608. The Bertz CT molecular complexity index is 1290. The van der Waals surface area contributed by atoms with Crippen molar-refractivity contribution in [1.82, 2.24) is 25.1 Å². The number of phenolic OH excluding ortho intramolecular Hbond substituents is 1. The number of nitrogens with zero attached hydrogens (tertiary/aromatic N) is 5. The van der Waals surface area contributed by atoms with Crippen molar-refractivity contribution in [3.8, 4) is 28.3 Å². The van der Waals surface area contributed by atoms with E-state index in [1.165, 1.54) is 41.9 Å². The highest BCUT2D eigenvalue weighted by Gasteiger charge is 2.49. The zero-order valence-electron chi connectivity index (χ0n) is 19.8. The molecular weight excluding hydrogens is 435 g/mol. The second-order valence-electron chi connectivity index (χ2n) is 10.3. The lowest BCUT2D eigenvalue weighted by Gasteiger charge is -2.45. The average molecular weight is 465 g/mol. The van der Waals surface area contributed by atoms with Gasteiger partial charge in [0.05, 0.1) is 17.7 Å². The van der Waals surface area contributed by atoms with Gasteiger partial charge < -0.3 is 19.9 Å². The van der Waals surface area contributed by atoms with Crippen LogP contribution < -0.4 is 15.8 Å². The summed E-state index contributed by atoms with van der Waals surface area (Å²) >= 11 is 0. The summed E-state index contributed by atoms with van der Waals surface area (Å²) in [7, 11) is 3.60. The second kappa shape index (κ2) is 7.87. The number of piperidine rings is 1. The first-order valence-electron chi connectivity index (χ1n) is 11.5. The third kappa shape index (κ3) is 3.94. The molecule has 9 heteroatoms. The molecule has 2 saturated heterocycles. The van der Waals surface area contributed by atoms with E-state index in [0.717, 1.165) is 18.7 Å². The first-order valence-corrected chi connectivity index (χ1v) is 11.5. The van der Waals surface area contributed by atoms with Crippen molar-refractivity contribution in [2.75, 3.05) is 11.9 Å². The highest BCUT2D eigenvalue weighted by Crippen LogP contribution is 2.44. The smallest absolute Gasteiger partial charge is 0.253 e. The molecule has 2 aromatic heterocycles. The van der Waals surface area contributed by atoms with Gasteiger partial charge in [-0.05, 0) is 63.8 Å². The monoisotopic (exact) mass is 464 g/mol. The van der Waals surface area contributed by atoms with E-state index in [-0.39, 0.29) is 39.2 Å². The maximum atomic E-state index is 14.9. The molecule has 2 bridgehead atoms. The fourth-order valence-electron chi connectivity index (χ4n) is 5.51. The van der Waals surface area contributed by atoms with Crippen LogP contribution in [-0.4, -0.2) is 49.0 Å². The highest BCUT2D eigenvalue weighted by atomic mass is 19.1.